The number of carbonyl (C=O) groups excluding carboxylic acids is 1. The molecular weight excluding hydrogens is 475 g/mol. The van der Waals surface area contributed by atoms with E-state index in [1.165, 1.54) is 0 Å². The van der Waals surface area contributed by atoms with Crippen molar-refractivity contribution in [2.45, 2.75) is 44.2 Å². The Morgan fingerprint density at radius 2 is 2.06 bits per heavy atom. The highest BCUT2D eigenvalue weighted by molar-refractivity contribution is 9.10. The lowest BCUT2D eigenvalue weighted by molar-refractivity contribution is -0.134. The Morgan fingerprint density at radius 1 is 1.32 bits per heavy atom. The van der Waals surface area contributed by atoms with Gasteiger partial charge in [0.05, 0.1) is 17.6 Å². The number of hydrogen-bond donors (Lipinski definition) is 2. The average Bonchev–Trinajstić information content (AvgIpc) is 3.37. The molecule has 3 aromatic rings. The largest absolute Gasteiger partial charge is 0.389 e. The highest BCUT2D eigenvalue weighted by Crippen LogP contribution is 2.53. The van der Waals surface area contributed by atoms with Crippen LogP contribution in [0.3, 0.4) is 0 Å². The molecule has 31 heavy (non-hydrogen) atoms. The second kappa shape index (κ2) is 7.81. The molecule has 0 atom stereocenters. The van der Waals surface area contributed by atoms with Gasteiger partial charge in [-0.15, -0.1) is 0 Å². The molecule has 1 aromatic carbocycles. The predicted octanol–water partition coefficient (Wildman–Crippen LogP) is 4.73. The molecule has 0 bridgehead atoms. The molecule has 1 aliphatic rings. The van der Waals surface area contributed by atoms with Crippen LogP contribution in [0.2, 0.25) is 0 Å². The number of aromatic nitrogens is 3. The summed E-state index contributed by atoms with van der Waals surface area (Å²) in [6.07, 6.45) is -1.47. The van der Waals surface area contributed by atoms with E-state index < -0.39 is 18.5 Å². The van der Waals surface area contributed by atoms with Gasteiger partial charge in [0.1, 0.15) is 4.60 Å². The minimum absolute atomic E-state index is 0.0292. The summed E-state index contributed by atoms with van der Waals surface area (Å²) in [5.74, 6) is -0.462. The van der Waals surface area contributed by atoms with Crippen LogP contribution in [0.25, 0.3) is 5.65 Å². The number of hydrogen-bond acceptors (Lipinski definition) is 4. The van der Waals surface area contributed by atoms with Crippen LogP contribution in [0.15, 0.2) is 35.1 Å². The zero-order valence-corrected chi connectivity index (χ0v) is 18.3. The second-order valence-corrected chi connectivity index (χ2v) is 8.69. The van der Waals surface area contributed by atoms with Crippen LogP contribution < -0.4 is 11.1 Å². The third kappa shape index (κ3) is 4.26. The Hall–Kier alpha value is -2.62. The number of nitrogens with one attached hydrogen (secondary N) is 1. The summed E-state index contributed by atoms with van der Waals surface area (Å²) in [5.41, 5.74) is 9.58. The molecule has 2 heterocycles. The highest BCUT2D eigenvalue weighted by atomic mass is 79.9. The molecule has 0 saturated heterocycles. The number of fused-ring (bicyclic) bond motifs is 1. The molecule has 0 aliphatic heterocycles. The van der Waals surface area contributed by atoms with Crippen molar-refractivity contribution >= 4 is 33.2 Å². The van der Waals surface area contributed by atoms with E-state index in [1.54, 1.807) is 22.8 Å². The number of alkyl halides is 3. The molecule has 10 heteroatoms. The van der Waals surface area contributed by atoms with Crippen LogP contribution in [0.1, 0.15) is 52.9 Å². The van der Waals surface area contributed by atoms with Crippen molar-refractivity contribution in [3.05, 3.63) is 57.4 Å². The number of anilines is 1. The van der Waals surface area contributed by atoms with Crippen molar-refractivity contribution in [2.75, 3.05) is 11.9 Å². The van der Waals surface area contributed by atoms with Crippen molar-refractivity contribution in [2.24, 2.45) is 5.73 Å². The fraction of sp³-hybridized carbons (Fsp3) is 0.381. The first kappa shape index (κ1) is 21.6. The van der Waals surface area contributed by atoms with E-state index in [0.717, 1.165) is 29.7 Å². The Bertz CT molecular complexity index is 1150. The Kier molecular flexibility index (Phi) is 5.45. The first-order valence-corrected chi connectivity index (χ1v) is 10.7. The van der Waals surface area contributed by atoms with Gasteiger partial charge in [-0.2, -0.15) is 18.3 Å². The molecule has 6 nitrogen and oxygen atoms in total. The quantitative estimate of drug-likeness (QED) is 0.463. The number of nitrogens with two attached hydrogens (primary N) is 1. The Balaban J connectivity index is 1.66. The summed E-state index contributed by atoms with van der Waals surface area (Å²) in [6, 6.07) is 7.34. The normalized spacial score (nSPS) is 15.3. The van der Waals surface area contributed by atoms with Crippen molar-refractivity contribution in [3.8, 4) is 0 Å². The molecule has 2 aromatic heterocycles. The summed E-state index contributed by atoms with van der Waals surface area (Å²) in [7, 11) is 0. The maximum atomic E-state index is 12.4. The van der Waals surface area contributed by atoms with E-state index in [4.69, 9.17) is 5.73 Å². The maximum Gasteiger partial charge on any atom is 0.389 e. The van der Waals surface area contributed by atoms with Crippen LogP contribution >= 0.6 is 15.9 Å². The molecule has 0 spiro atoms. The van der Waals surface area contributed by atoms with E-state index in [9.17, 15) is 18.0 Å². The minimum Gasteiger partial charge on any atom is -0.382 e. The Labute approximate surface area is 185 Å². The van der Waals surface area contributed by atoms with Gasteiger partial charge in [-0.25, -0.2) is 9.50 Å². The fourth-order valence-electron chi connectivity index (χ4n) is 3.96. The van der Waals surface area contributed by atoms with Crippen LogP contribution in [-0.4, -0.2) is 33.2 Å². The van der Waals surface area contributed by atoms with Gasteiger partial charge >= 0.3 is 6.18 Å². The first-order chi connectivity index (χ1) is 14.6. The van der Waals surface area contributed by atoms with Crippen LogP contribution in [0, 0.1) is 6.92 Å². The van der Waals surface area contributed by atoms with Crippen LogP contribution in [0.5, 0.6) is 0 Å². The molecule has 0 radical (unpaired) electrons. The van der Waals surface area contributed by atoms with Crippen molar-refractivity contribution < 1.29 is 18.0 Å². The molecule has 3 N–H and O–H groups in total. The zero-order chi connectivity index (χ0) is 22.4. The number of primary amides is 1. The average molecular weight is 496 g/mol. The van der Waals surface area contributed by atoms with Gasteiger partial charge in [0.15, 0.2) is 5.65 Å². The molecule has 1 aliphatic carbocycles. The van der Waals surface area contributed by atoms with Gasteiger partial charge < -0.3 is 11.1 Å². The van der Waals surface area contributed by atoms with Crippen molar-refractivity contribution in [1.82, 2.24) is 14.6 Å². The SMILES string of the molecule is Cc1cc(C2(c3cnc4c(NCCCC(F)(F)F)cc(Br)nn34)CC2)ccc1C(N)=O. The lowest BCUT2D eigenvalue weighted by atomic mass is 9.90. The number of imidazole rings is 1. The fourth-order valence-corrected chi connectivity index (χ4v) is 4.35. The maximum absolute atomic E-state index is 12.4. The zero-order valence-electron chi connectivity index (χ0n) is 16.8. The van der Waals surface area contributed by atoms with E-state index in [1.807, 2.05) is 19.1 Å². The topological polar surface area (TPSA) is 85.3 Å². The number of halogens is 4. The molecule has 0 unspecified atom stereocenters. The summed E-state index contributed by atoms with van der Waals surface area (Å²) in [6.45, 7) is 2.03. The lowest BCUT2D eigenvalue weighted by Crippen LogP contribution is -2.17. The van der Waals surface area contributed by atoms with E-state index in [0.29, 0.717) is 21.5 Å². The van der Waals surface area contributed by atoms with E-state index in [-0.39, 0.29) is 18.4 Å². The number of aryl methyl sites for hydroxylation is 1. The predicted molar refractivity (Wildman–Crippen MR) is 114 cm³/mol. The van der Waals surface area contributed by atoms with Crippen molar-refractivity contribution in [3.63, 3.8) is 0 Å². The van der Waals surface area contributed by atoms with Crippen molar-refractivity contribution in [1.29, 1.82) is 0 Å². The number of benzene rings is 1. The molecule has 4 rings (SSSR count). The first-order valence-electron chi connectivity index (χ1n) is 9.87. The second-order valence-electron chi connectivity index (χ2n) is 7.88. The van der Waals surface area contributed by atoms with Gasteiger partial charge in [-0.05, 0) is 65.4 Å². The lowest BCUT2D eigenvalue weighted by Gasteiger charge is -2.17. The number of amides is 1. The standard InChI is InChI=1S/C21H21BrF3N5O/c1-12-9-13(3-4-14(12)18(26)31)20(6-7-20)16-11-28-19-15(10-17(22)29-30(16)19)27-8-2-5-21(23,24)25/h3-4,9-11,27H,2,5-8H2,1H3,(H2,26,31). The molecule has 164 valence electrons. The third-order valence-corrected chi connectivity index (χ3v) is 6.06. The van der Waals surface area contributed by atoms with Gasteiger partial charge in [-0.1, -0.05) is 12.1 Å². The summed E-state index contributed by atoms with van der Waals surface area (Å²) >= 11 is 3.39. The summed E-state index contributed by atoms with van der Waals surface area (Å²) in [4.78, 5) is 16.1. The highest BCUT2D eigenvalue weighted by Gasteiger charge is 2.48. The smallest absolute Gasteiger partial charge is 0.382 e. The van der Waals surface area contributed by atoms with Gasteiger partial charge in [0.2, 0.25) is 5.91 Å². The van der Waals surface area contributed by atoms with Gasteiger partial charge in [0.25, 0.3) is 0 Å². The molecule has 1 fully saturated rings. The van der Waals surface area contributed by atoms with Gasteiger partial charge in [0, 0.05) is 23.9 Å². The molecular formula is C21H21BrF3N5O. The monoisotopic (exact) mass is 495 g/mol. The number of carbonyl (C=O) groups is 1. The van der Waals surface area contributed by atoms with E-state index in [2.05, 4.69) is 31.3 Å². The molecule has 1 saturated carbocycles. The minimum atomic E-state index is -4.17. The summed E-state index contributed by atoms with van der Waals surface area (Å²) in [5, 5.41) is 7.59. The third-order valence-electron chi connectivity index (χ3n) is 5.68. The Morgan fingerprint density at radius 3 is 2.68 bits per heavy atom. The van der Waals surface area contributed by atoms with E-state index >= 15 is 0 Å². The molecule has 1 amide bonds. The number of nitrogens with zero attached hydrogens (tertiary/aromatic N) is 3. The van der Waals surface area contributed by atoms with Crippen LogP contribution in [-0.2, 0) is 5.41 Å². The van der Waals surface area contributed by atoms with Crippen LogP contribution in [0.4, 0.5) is 18.9 Å². The number of rotatable bonds is 7. The van der Waals surface area contributed by atoms with Gasteiger partial charge in [-0.3, -0.25) is 4.79 Å². The summed E-state index contributed by atoms with van der Waals surface area (Å²) < 4.78 is 39.5.